The predicted molar refractivity (Wildman–Crippen MR) is 132 cm³/mol. The molecule has 0 fully saturated rings. The molecule has 0 aromatic heterocycles. The molecule has 0 saturated heterocycles. The van der Waals surface area contributed by atoms with Gasteiger partial charge in [0.15, 0.2) is 0 Å². The van der Waals surface area contributed by atoms with E-state index in [2.05, 4.69) is 90.5 Å². The molecule has 0 amide bonds. The summed E-state index contributed by atoms with van der Waals surface area (Å²) in [6, 6.07) is 19.6. The van der Waals surface area contributed by atoms with E-state index in [-0.39, 0.29) is 0 Å². The summed E-state index contributed by atoms with van der Waals surface area (Å²) in [5, 5.41) is 0. The van der Waals surface area contributed by atoms with E-state index in [9.17, 15) is 0 Å². The van der Waals surface area contributed by atoms with E-state index >= 15 is 0 Å². The van der Waals surface area contributed by atoms with Gasteiger partial charge >= 0.3 is 0 Å². The molecule has 4 heteroatoms. The summed E-state index contributed by atoms with van der Waals surface area (Å²) >= 11 is 8.26. The Hall–Kier alpha value is -1.49. The van der Waals surface area contributed by atoms with Gasteiger partial charge in [0.05, 0.1) is 5.69 Å². The van der Waals surface area contributed by atoms with Crippen molar-refractivity contribution in [2.75, 3.05) is 22.7 Å². The average Bonchev–Trinajstić information content (AvgIpc) is 2.76. The molecule has 0 radical (unpaired) electrons. The van der Waals surface area contributed by atoms with Crippen LogP contribution in [0.5, 0.6) is 0 Å². The summed E-state index contributed by atoms with van der Waals surface area (Å²) < 4.78 is 1.43. The molecule has 2 aliphatic rings. The van der Waals surface area contributed by atoms with Crippen LogP contribution in [0.3, 0.4) is 0 Å². The molecular weight excluding hydrogens is 398 g/mol. The molecule has 1 heterocycles. The highest BCUT2D eigenvalue weighted by Crippen LogP contribution is 2.51. The number of nitrogens with zero attached hydrogens (tertiary/aromatic N) is 1. The zero-order valence-corrected chi connectivity index (χ0v) is 18.6. The molecule has 1 aliphatic heterocycles. The van der Waals surface area contributed by atoms with Gasteiger partial charge in [0.2, 0.25) is 0 Å². The van der Waals surface area contributed by atoms with E-state index in [1.54, 1.807) is 0 Å². The molecule has 0 N–H and O–H groups in total. The first-order valence-corrected chi connectivity index (χ1v) is 12.6. The highest BCUT2D eigenvalue weighted by molar-refractivity contribution is 8.22. The van der Waals surface area contributed by atoms with Gasteiger partial charge in [-0.1, -0.05) is 42.5 Å². The van der Waals surface area contributed by atoms with Crippen molar-refractivity contribution in [2.45, 2.75) is 19.3 Å². The van der Waals surface area contributed by atoms with Gasteiger partial charge in [0.25, 0.3) is 0 Å². The van der Waals surface area contributed by atoms with Gasteiger partial charge in [-0.15, -0.1) is 23.5 Å². The van der Waals surface area contributed by atoms with Gasteiger partial charge in [-0.2, -0.15) is 12.6 Å². The van der Waals surface area contributed by atoms with E-state index in [1.807, 2.05) is 23.5 Å². The number of hydrogen-bond donors (Lipinski definition) is 1. The van der Waals surface area contributed by atoms with Crippen molar-refractivity contribution >= 4 is 53.1 Å². The quantitative estimate of drug-likeness (QED) is 0.378. The Kier molecular flexibility index (Phi) is 6.61. The lowest BCUT2D eigenvalue weighted by molar-refractivity contribution is 0.947. The first kappa shape index (κ1) is 19.8. The number of fused-ring (bicyclic) bond motifs is 1. The molecule has 0 bridgehead atoms. The average molecular weight is 424 g/mol. The topological polar surface area (TPSA) is 3.24 Å². The summed E-state index contributed by atoms with van der Waals surface area (Å²) in [6.07, 6.45) is 10.2. The minimum atomic E-state index is 0.944. The Labute approximate surface area is 182 Å². The molecule has 144 valence electrons. The van der Waals surface area contributed by atoms with Crippen molar-refractivity contribution in [3.05, 3.63) is 87.8 Å². The summed E-state index contributed by atoms with van der Waals surface area (Å²) in [7, 11) is 0. The molecule has 0 atom stereocenters. The smallest absolute Gasteiger partial charge is 0.0540 e. The predicted octanol–water partition coefficient (Wildman–Crippen LogP) is 7.53. The zero-order valence-electron chi connectivity index (χ0n) is 16.1. The van der Waals surface area contributed by atoms with E-state index in [1.165, 1.54) is 38.0 Å². The van der Waals surface area contributed by atoms with Crippen LogP contribution in [0.4, 0.5) is 11.4 Å². The molecule has 2 aromatic carbocycles. The highest BCUT2D eigenvalue weighted by atomic mass is 32.2. The van der Waals surface area contributed by atoms with Crippen molar-refractivity contribution in [3.63, 3.8) is 0 Å². The Morgan fingerprint density at radius 3 is 2.64 bits per heavy atom. The van der Waals surface area contributed by atoms with Gasteiger partial charge in [0, 0.05) is 26.8 Å². The van der Waals surface area contributed by atoms with Crippen LogP contribution in [0.2, 0.25) is 0 Å². The lowest BCUT2D eigenvalue weighted by Gasteiger charge is -2.38. The first-order valence-electron chi connectivity index (χ1n) is 9.71. The maximum Gasteiger partial charge on any atom is 0.0540 e. The maximum absolute atomic E-state index is 4.39. The van der Waals surface area contributed by atoms with Crippen LogP contribution in [0.1, 0.15) is 24.8 Å². The van der Waals surface area contributed by atoms with E-state index in [0.29, 0.717) is 0 Å². The molecule has 1 nitrogen and oxygen atoms in total. The zero-order chi connectivity index (χ0) is 19.3. The van der Waals surface area contributed by atoms with E-state index in [4.69, 9.17) is 0 Å². The lowest BCUT2D eigenvalue weighted by atomic mass is 9.86. The van der Waals surface area contributed by atoms with Crippen LogP contribution in [0, 0.1) is 0 Å². The number of allylic oxidation sites excluding steroid dienone is 4. The minimum Gasteiger partial charge on any atom is -0.310 e. The third kappa shape index (κ3) is 3.83. The Bertz CT molecular complexity index is 928. The standard InChI is InChI=1S/C24H25NS3/c1-27-24(28-17-9-16-26)23-19-12-5-7-14-21(19)25(18-10-3-2-4-11-18)22-15-8-6-13-20(22)23/h2-5,7-8,10-12,14-15,26H,6,9,13,16-17H2,1H3/b24-23-. The molecule has 4 rings (SSSR count). The second-order valence-electron chi connectivity index (χ2n) is 6.79. The minimum absolute atomic E-state index is 0.944. The van der Waals surface area contributed by atoms with Crippen molar-refractivity contribution in [1.82, 2.24) is 0 Å². The molecule has 28 heavy (non-hydrogen) atoms. The molecular formula is C24H25NS3. The van der Waals surface area contributed by atoms with Gasteiger partial charge in [-0.05, 0) is 66.9 Å². The maximum atomic E-state index is 4.39. The number of para-hydroxylation sites is 2. The molecule has 0 unspecified atom stereocenters. The Balaban J connectivity index is 1.92. The van der Waals surface area contributed by atoms with Crippen LogP contribution in [-0.2, 0) is 0 Å². The molecule has 0 spiro atoms. The van der Waals surface area contributed by atoms with Crippen molar-refractivity contribution in [2.24, 2.45) is 0 Å². The largest absolute Gasteiger partial charge is 0.310 e. The van der Waals surface area contributed by atoms with Gasteiger partial charge in [-0.25, -0.2) is 0 Å². The lowest BCUT2D eigenvalue weighted by Crippen LogP contribution is -2.24. The van der Waals surface area contributed by atoms with Crippen molar-refractivity contribution in [3.8, 4) is 0 Å². The number of anilines is 2. The monoisotopic (exact) mass is 423 g/mol. The fraction of sp³-hybridized carbons (Fsp3) is 0.250. The second kappa shape index (κ2) is 9.34. The first-order chi connectivity index (χ1) is 13.8. The van der Waals surface area contributed by atoms with Gasteiger partial charge in [0.1, 0.15) is 0 Å². The molecule has 1 aliphatic carbocycles. The summed E-state index contributed by atoms with van der Waals surface area (Å²) in [6.45, 7) is 0. The van der Waals surface area contributed by atoms with E-state index < -0.39 is 0 Å². The Morgan fingerprint density at radius 2 is 1.86 bits per heavy atom. The summed E-state index contributed by atoms with van der Waals surface area (Å²) in [5.74, 6) is 2.06. The number of thioether (sulfide) groups is 2. The van der Waals surface area contributed by atoms with Crippen LogP contribution >= 0.6 is 36.2 Å². The third-order valence-electron chi connectivity index (χ3n) is 5.04. The van der Waals surface area contributed by atoms with Crippen molar-refractivity contribution < 1.29 is 0 Å². The van der Waals surface area contributed by atoms with E-state index in [0.717, 1.165) is 30.8 Å². The number of rotatable bonds is 6. The third-order valence-corrected chi connectivity index (χ3v) is 7.75. The fourth-order valence-electron chi connectivity index (χ4n) is 3.84. The van der Waals surface area contributed by atoms with Crippen LogP contribution in [0.15, 0.2) is 82.3 Å². The summed E-state index contributed by atoms with van der Waals surface area (Å²) in [4.78, 5) is 2.43. The Morgan fingerprint density at radius 1 is 1.07 bits per heavy atom. The SMILES string of the molecule is CS/C(SCCCS)=C1/C2=C(C=CCC2)N(c2ccccc2)c2ccccc21. The number of hydrogen-bond acceptors (Lipinski definition) is 4. The normalized spacial score (nSPS) is 17.4. The highest BCUT2D eigenvalue weighted by Gasteiger charge is 2.31. The second-order valence-corrected chi connectivity index (χ2v) is 9.41. The van der Waals surface area contributed by atoms with Crippen LogP contribution in [-0.4, -0.2) is 17.8 Å². The molecule has 2 aromatic rings. The number of benzene rings is 2. The summed E-state index contributed by atoms with van der Waals surface area (Å²) in [5.41, 5.74) is 8.10. The van der Waals surface area contributed by atoms with Crippen molar-refractivity contribution in [1.29, 1.82) is 0 Å². The van der Waals surface area contributed by atoms with Crippen LogP contribution < -0.4 is 4.90 Å². The molecule has 0 saturated carbocycles. The van der Waals surface area contributed by atoms with Gasteiger partial charge < -0.3 is 4.90 Å². The van der Waals surface area contributed by atoms with Gasteiger partial charge in [-0.3, -0.25) is 0 Å². The number of thiol groups is 1. The fourth-order valence-corrected chi connectivity index (χ4v) is 6.22. The van der Waals surface area contributed by atoms with Crippen LogP contribution in [0.25, 0.3) is 5.57 Å².